The Balaban J connectivity index is 1.23. The number of halogens is 1. The number of benzene rings is 2. The number of aromatic nitrogens is 2. The molecule has 0 radical (unpaired) electrons. The van der Waals surface area contributed by atoms with E-state index in [2.05, 4.69) is 17.1 Å². The van der Waals surface area contributed by atoms with Gasteiger partial charge < -0.3 is 19.7 Å². The van der Waals surface area contributed by atoms with Crippen LogP contribution in [0.2, 0.25) is 0 Å². The first kappa shape index (κ1) is 27.4. The Labute approximate surface area is 238 Å². The van der Waals surface area contributed by atoms with E-state index < -0.39 is 27.8 Å². The van der Waals surface area contributed by atoms with Crippen molar-refractivity contribution in [3.8, 4) is 22.8 Å². The number of fused-ring (bicyclic) bond motifs is 1. The molecule has 12 heteroatoms. The van der Waals surface area contributed by atoms with Gasteiger partial charge in [0.15, 0.2) is 11.5 Å². The first-order valence-corrected chi connectivity index (χ1v) is 15.3. The normalized spacial score (nSPS) is 19.5. The van der Waals surface area contributed by atoms with Gasteiger partial charge in [0.25, 0.3) is 0 Å². The molecule has 216 valence electrons. The molecule has 3 aliphatic heterocycles. The van der Waals surface area contributed by atoms with Gasteiger partial charge in [-0.15, -0.1) is 0 Å². The molecule has 0 aliphatic carbocycles. The lowest BCUT2D eigenvalue weighted by atomic mass is 9.99. The van der Waals surface area contributed by atoms with Crippen LogP contribution in [0.15, 0.2) is 53.4 Å². The molecule has 2 aromatic carbocycles. The van der Waals surface area contributed by atoms with Crippen molar-refractivity contribution in [2.45, 2.75) is 50.1 Å². The number of anilines is 1. The maximum absolute atomic E-state index is 13.4. The van der Waals surface area contributed by atoms with Crippen molar-refractivity contribution < 1.29 is 27.1 Å². The summed E-state index contributed by atoms with van der Waals surface area (Å²) in [6, 6.07) is 11.3. The number of piperidine rings is 1. The molecule has 1 amide bonds. The summed E-state index contributed by atoms with van der Waals surface area (Å²) in [7, 11) is -3.95. The van der Waals surface area contributed by atoms with Crippen molar-refractivity contribution in [1.29, 1.82) is 0 Å². The third-order valence-electron chi connectivity index (χ3n) is 7.87. The number of carbonyl (C=O) groups is 1. The molecule has 0 spiro atoms. The smallest absolute Gasteiger partial charge is 0.243 e. The number of hydrogen-bond acceptors (Lipinski definition) is 8. The van der Waals surface area contributed by atoms with E-state index in [0.717, 1.165) is 43.6 Å². The summed E-state index contributed by atoms with van der Waals surface area (Å²) >= 11 is 0. The predicted molar refractivity (Wildman–Crippen MR) is 149 cm³/mol. The molecule has 10 nitrogen and oxygen atoms in total. The summed E-state index contributed by atoms with van der Waals surface area (Å²) < 4.78 is 52.1. The van der Waals surface area contributed by atoms with Crippen LogP contribution >= 0.6 is 0 Å². The molecule has 3 aliphatic rings. The number of hydrogen-bond donors (Lipinski definition) is 1. The largest absolute Gasteiger partial charge is 0.454 e. The Bertz CT molecular complexity index is 1540. The van der Waals surface area contributed by atoms with Crippen molar-refractivity contribution in [3.05, 3.63) is 60.0 Å². The molecule has 1 aromatic heterocycles. The fourth-order valence-electron chi connectivity index (χ4n) is 5.46. The van der Waals surface area contributed by atoms with E-state index in [1.54, 1.807) is 0 Å². The Hall–Kier alpha value is -3.77. The minimum absolute atomic E-state index is 0.0386. The lowest BCUT2D eigenvalue weighted by Crippen LogP contribution is -2.45. The van der Waals surface area contributed by atoms with Crippen LogP contribution < -0.4 is 19.7 Å². The van der Waals surface area contributed by atoms with Crippen LogP contribution in [0.3, 0.4) is 0 Å². The third kappa shape index (κ3) is 5.71. The number of rotatable bonds is 7. The Kier molecular flexibility index (Phi) is 7.52. The molecular formula is C29H32FN5O5S. The van der Waals surface area contributed by atoms with Crippen LogP contribution in [0.25, 0.3) is 11.3 Å². The number of ether oxygens (including phenoxy) is 2. The molecular weight excluding hydrogens is 549 g/mol. The number of sulfonamides is 1. The van der Waals surface area contributed by atoms with E-state index >= 15 is 0 Å². The zero-order valence-electron chi connectivity index (χ0n) is 22.8. The first-order chi connectivity index (χ1) is 19.8. The summed E-state index contributed by atoms with van der Waals surface area (Å²) in [5.41, 5.74) is 2.14. The lowest BCUT2D eigenvalue weighted by molar-refractivity contribution is -0.124. The maximum atomic E-state index is 13.4. The average molecular weight is 582 g/mol. The standard InChI is InChI=1S/C29H32FN5O5S/c1-19-10-13-34(14-11-19)29-32-22(16-24(33-29)20-4-9-26-27(15-20)40-18-39-26)17-31-28(36)25-3-2-12-35(25)41(37,38)23-7-5-21(30)6-8-23/h4-9,15-16,19,25H,2-3,10-14,17-18H2,1H3,(H,31,36)/t25-/m0/s1. The third-order valence-corrected chi connectivity index (χ3v) is 9.79. The molecule has 2 fully saturated rings. The minimum atomic E-state index is -3.95. The highest BCUT2D eigenvalue weighted by molar-refractivity contribution is 7.89. The van der Waals surface area contributed by atoms with Crippen molar-refractivity contribution in [1.82, 2.24) is 19.6 Å². The highest BCUT2D eigenvalue weighted by atomic mass is 32.2. The molecule has 4 heterocycles. The quantitative estimate of drug-likeness (QED) is 0.449. The zero-order chi connectivity index (χ0) is 28.6. The van der Waals surface area contributed by atoms with Gasteiger partial charge in [-0.3, -0.25) is 4.79 Å². The Morgan fingerprint density at radius 1 is 1.00 bits per heavy atom. The number of amides is 1. The molecule has 0 bridgehead atoms. The second kappa shape index (κ2) is 11.2. The van der Waals surface area contributed by atoms with Gasteiger partial charge in [0.05, 0.1) is 22.8 Å². The fraction of sp³-hybridized carbons (Fsp3) is 0.414. The van der Waals surface area contributed by atoms with Gasteiger partial charge >= 0.3 is 0 Å². The fourth-order valence-corrected chi connectivity index (χ4v) is 7.11. The Morgan fingerprint density at radius 3 is 2.54 bits per heavy atom. The van der Waals surface area contributed by atoms with Gasteiger partial charge in [-0.05, 0) is 80.1 Å². The van der Waals surface area contributed by atoms with E-state index in [-0.39, 0.29) is 24.8 Å². The summed E-state index contributed by atoms with van der Waals surface area (Å²) in [6.07, 6.45) is 3.04. The van der Waals surface area contributed by atoms with Gasteiger partial charge in [-0.25, -0.2) is 22.8 Å². The van der Waals surface area contributed by atoms with Gasteiger partial charge in [0, 0.05) is 25.2 Å². The molecule has 2 saturated heterocycles. The van der Waals surface area contributed by atoms with E-state index in [4.69, 9.17) is 19.4 Å². The monoisotopic (exact) mass is 581 g/mol. The van der Waals surface area contributed by atoms with Gasteiger partial charge in [-0.2, -0.15) is 4.31 Å². The molecule has 1 N–H and O–H groups in total. The molecule has 6 rings (SSSR count). The van der Waals surface area contributed by atoms with Crippen molar-refractivity contribution >= 4 is 21.9 Å². The van der Waals surface area contributed by atoms with Crippen LogP contribution in [0.1, 0.15) is 38.3 Å². The van der Waals surface area contributed by atoms with E-state index in [1.807, 2.05) is 24.3 Å². The summed E-state index contributed by atoms with van der Waals surface area (Å²) in [4.78, 5) is 25.1. The summed E-state index contributed by atoms with van der Waals surface area (Å²) in [5.74, 6) is 1.64. The van der Waals surface area contributed by atoms with Gasteiger partial charge in [0.1, 0.15) is 11.9 Å². The van der Waals surface area contributed by atoms with Crippen LogP contribution in [0.4, 0.5) is 10.3 Å². The number of nitrogens with zero attached hydrogens (tertiary/aromatic N) is 4. The molecule has 41 heavy (non-hydrogen) atoms. The summed E-state index contributed by atoms with van der Waals surface area (Å²) in [6.45, 7) is 4.43. The molecule has 3 aromatic rings. The predicted octanol–water partition coefficient (Wildman–Crippen LogP) is 3.72. The highest BCUT2D eigenvalue weighted by Gasteiger charge is 2.39. The van der Waals surface area contributed by atoms with E-state index in [1.165, 1.54) is 16.4 Å². The van der Waals surface area contributed by atoms with Crippen LogP contribution in [-0.4, -0.2) is 61.1 Å². The van der Waals surface area contributed by atoms with E-state index in [9.17, 15) is 17.6 Å². The highest BCUT2D eigenvalue weighted by Crippen LogP contribution is 2.36. The van der Waals surface area contributed by atoms with E-state index in [0.29, 0.717) is 47.6 Å². The second-order valence-corrected chi connectivity index (χ2v) is 12.6. The van der Waals surface area contributed by atoms with Crippen LogP contribution in [0, 0.1) is 11.7 Å². The minimum Gasteiger partial charge on any atom is -0.454 e. The topological polar surface area (TPSA) is 114 Å². The average Bonchev–Trinajstić information content (AvgIpc) is 3.67. The lowest BCUT2D eigenvalue weighted by Gasteiger charge is -2.30. The number of carbonyl (C=O) groups excluding carboxylic acids is 1. The summed E-state index contributed by atoms with van der Waals surface area (Å²) in [5, 5.41) is 2.90. The van der Waals surface area contributed by atoms with Crippen molar-refractivity contribution in [2.24, 2.45) is 5.92 Å². The molecule has 0 unspecified atom stereocenters. The molecule has 0 saturated carbocycles. The molecule has 1 atom stereocenters. The SMILES string of the molecule is CC1CCN(c2nc(CNC(=O)[C@@H]3CCCN3S(=O)(=O)c3ccc(F)cc3)cc(-c3ccc4c(c3)OCO4)n2)CC1. The van der Waals surface area contributed by atoms with Crippen LogP contribution in [0.5, 0.6) is 11.5 Å². The van der Waals surface area contributed by atoms with Crippen molar-refractivity contribution in [2.75, 3.05) is 31.3 Å². The van der Waals surface area contributed by atoms with Gasteiger partial charge in [-0.1, -0.05) is 6.92 Å². The Morgan fingerprint density at radius 2 is 1.76 bits per heavy atom. The first-order valence-electron chi connectivity index (χ1n) is 13.9. The number of nitrogens with one attached hydrogen (secondary N) is 1. The maximum Gasteiger partial charge on any atom is 0.243 e. The zero-order valence-corrected chi connectivity index (χ0v) is 23.6. The van der Waals surface area contributed by atoms with Crippen molar-refractivity contribution in [3.63, 3.8) is 0 Å². The van der Waals surface area contributed by atoms with Gasteiger partial charge in [0.2, 0.25) is 28.7 Å². The van der Waals surface area contributed by atoms with Crippen LogP contribution in [-0.2, 0) is 21.4 Å². The second-order valence-electron chi connectivity index (χ2n) is 10.7.